The van der Waals surface area contributed by atoms with E-state index in [0.717, 1.165) is 15.4 Å². The summed E-state index contributed by atoms with van der Waals surface area (Å²) in [5.74, 6) is -0.222. The van der Waals surface area contributed by atoms with E-state index in [9.17, 15) is 4.79 Å². The van der Waals surface area contributed by atoms with Crippen molar-refractivity contribution in [1.29, 1.82) is 0 Å². The molecule has 1 heterocycles. The molecule has 0 aliphatic rings. The van der Waals surface area contributed by atoms with Gasteiger partial charge in [-0.2, -0.15) is 0 Å². The second-order valence-electron chi connectivity index (χ2n) is 5.23. The minimum absolute atomic E-state index is 0.222. The van der Waals surface area contributed by atoms with Gasteiger partial charge in [0.1, 0.15) is 12.1 Å². The number of ether oxygens (including phenoxy) is 1. The molecule has 0 unspecified atom stereocenters. The third kappa shape index (κ3) is 3.13. The average Bonchev–Trinajstić information content (AvgIpc) is 2.58. The lowest BCUT2D eigenvalue weighted by Crippen LogP contribution is -2.26. The summed E-state index contributed by atoms with van der Waals surface area (Å²) in [6, 6.07) is 8.00. The summed E-state index contributed by atoms with van der Waals surface area (Å²) in [6.45, 7) is 5.84. The first-order chi connectivity index (χ1) is 8.35. The maximum atomic E-state index is 11.8. The average molecular weight is 310 g/mol. The van der Waals surface area contributed by atoms with Crippen molar-refractivity contribution >= 4 is 32.8 Å². The van der Waals surface area contributed by atoms with Crippen molar-refractivity contribution in [3.63, 3.8) is 0 Å². The van der Waals surface area contributed by atoms with Gasteiger partial charge in [0.05, 0.1) is 0 Å². The quantitative estimate of drug-likeness (QED) is 0.791. The van der Waals surface area contributed by atoms with Crippen LogP contribution in [0.2, 0.25) is 0 Å². The van der Waals surface area contributed by atoms with E-state index >= 15 is 0 Å². The maximum absolute atomic E-state index is 11.8. The molecule has 0 fully saturated rings. The number of halogens is 1. The number of aromatic nitrogens is 1. The predicted molar refractivity (Wildman–Crippen MR) is 75.5 cm³/mol. The highest BCUT2D eigenvalue weighted by atomic mass is 79.9. The van der Waals surface area contributed by atoms with Crippen LogP contribution in [-0.2, 0) is 16.1 Å². The zero-order chi connectivity index (χ0) is 13.3. The van der Waals surface area contributed by atoms with Gasteiger partial charge in [-0.1, -0.05) is 22.0 Å². The van der Waals surface area contributed by atoms with E-state index in [1.807, 2.05) is 55.8 Å². The molecule has 0 bridgehead atoms. The van der Waals surface area contributed by atoms with Crippen LogP contribution in [0.4, 0.5) is 0 Å². The van der Waals surface area contributed by atoms with Crippen molar-refractivity contribution in [3.05, 3.63) is 34.9 Å². The Hall–Kier alpha value is -1.29. The number of hydrogen-bond donors (Lipinski definition) is 0. The van der Waals surface area contributed by atoms with Crippen LogP contribution in [0.25, 0.3) is 10.9 Å². The van der Waals surface area contributed by atoms with Crippen molar-refractivity contribution in [2.24, 2.45) is 0 Å². The van der Waals surface area contributed by atoms with Crippen LogP contribution in [0.3, 0.4) is 0 Å². The zero-order valence-electron chi connectivity index (χ0n) is 10.7. The van der Waals surface area contributed by atoms with E-state index in [1.54, 1.807) is 0 Å². The summed E-state index contributed by atoms with van der Waals surface area (Å²) < 4.78 is 8.21. The van der Waals surface area contributed by atoms with Gasteiger partial charge in [-0.3, -0.25) is 4.79 Å². The van der Waals surface area contributed by atoms with Crippen LogP contribution in [0.5, 0.6) is 0 Å². The largest absolute Gasteiger partial charge is 0.459 e. The van der Waals surface area contributed by atoms with E-state index in [1.165, 1.54) is 0 Å². The first kappa shape index (κ1) is 13.1. The lowest BCUT2D eigenvalue weighted by Gasteiger charge is -2.19. The Bertz CT molecular complexity index is 581. The summed E-state index contributed by atoms with van der Waals surface area (Å²) in [7, 11) is 0. The van der Waals surface area contributed by atoms with Crippen LogP contribution in [0, 0.1) is 0 Å². The topological polar surface area (TPSA) is 31.2 Å². The monoisotopic (exact) mass is 309 g/mol. The summed E-state index contributed by atoms with van der Waals surface area (Å²) in [4.78, 5) is 11.8. The fraction of sp³-hybridized carbons (Fsp3) is 0.357. The second-order valence-corrected chi connectivity index (χ2v) is 6.15. The van der Waals surface area contributed by atoms with Gasteiger partial charge in [0.2, 0.25) is 0 Å². The molecule has 0 aliphatic heterocycles. The number of rotatable bonds is 2. The molecule has 1 aromatic carbocycles. The third-order valence-corrected chi connectivity index (χ3v) is 2.95. The number of fused-ring (bicyclic) bond motifs is 1. The normalized spacial score (nSPS) is 11.8. The van der Waals surface area contributed by atoms with Crippen LogP contribution in [-0.4, -0.2) is 16.1 Å². The number of hydrogen-bond acceptors (Lipinski definition) is 2. The Balaban J connectivity index is 2.22. The van der Waals surface area contributed by atoms with Gasteiger partial charge >= 0.3 is 5.97 Å². The summed E-state index contributed by atoms with van der Waals surface area (Å²) in [5.41, 5.74) is 0.580. The molecular weight excluding hydrogens is 294 g/mol. The lowest BCUT2D eigenvalue weighted by atomic mass is 10.2. The van der Waals surface area contributed by atoms with Gasteiger partial charge in [0, 0.05) is 16.2 Å². The lowest BCUT2D eigenvalue weighted by molar-refractivity contribution is -0.155. The zero-order valence-corrected chi connectivity index (χ0v) is 12.3. The van der Waals surface area contributed by atoms with Gasteiger partial charge in [-0.15, -0.1) is 0 Å². The van der Waals surface area contributed by atoms with E-state index < -0.39 is 5.60 Å². The molecule has 4 heteroatoms. The van der Waals surface area contributed by atoms with E-state index in [-0.39, 0.29) is 12.5 Å². The summed E-state index contributed by atoms with van der Waals surface area (Å²) >= 11 is 3.44. The Morgan fingerprint density at radius 1 is 1.33 bits per heavy atom. The number of carbonyl (C=O) groups excluding carboxylic acids is 1. The number of esters is 1. The Morgan fingerprint density at radius 2 is 2.06 bits per heavy atom. The molecule has 1 aromatic heterocycles. The molecule has 0 aliphatic carbocycles. The Morgan fingerprint density at radius 3 is 2.72 bits per heavy atom. The molecular formula is C14H16BrNO2. The van der Waals surface area contributed by atoms with Crippen molar-refractivity contribution in [3.8, 4) is 0 Å². The van der Waals surface area contributed by atoms with Gasteiger partial charge in [0.25, 0.3) is 0 Å². The molecule has 2 aromatic rings. The molecule has 0 saturated carbocycles. The highest BCUT2D eigenvalue weighted by Gasteiger charge is 2.16. The van der Waals surface area contributed by atoms with Gasteiger partial charge in [-0.25, -0.2) is 0 Å². The predicted octanol–water partition coefficient (Wildman–Crippen LogP) is 3.75. The minimum atomic E-state index is -0.444. The van der Waals surface area contributed by atoms with Gasteiger partial charge < -0.3 is 9.30 Å². The summed E-state index contributed by atoms with van der Waals surface area (Å²) in [5, 5.41) is 1.11. The van der Waals surface area contributed by atoms with E-state index in [0.29, 0.717) is 0 Å². The molecule has 0 spiro atoms. The van der Waals surface area contributed by atoms with E-state index in [2.05, 4.69) is 15.9 Å². The van der Waals surface area contributed by atoms with Gasteiger partial charge in [0.15, 0.2) is 0 Å². The fourth-order valence-corrected chi connectivity index (χ4v) is 2.16. The van der Waals surface area contributed by atoms with Crippen molar-refractivity contribution in [2.45, 2.75) is 32.9 Å². The van der Waals surface area contributed by atoms with Crippen molar-refractivity contribution in [2.75, 3.05) is 0 Å². The molecule has 0 radical (unpaired) electrons. The smallest absolute Gasteiger partial charge is 0.326 e. The minimum Gasteiger partial charge on any atom is -0.459 e. The first-order valence-corrected chi connectivity index (χ1v) is 6.61. The number of nitrogens with zero attached hydrogens (tertiary/aromatic N) is 1. The van der Waals surface area contributed by atoms with Crippen LogP contribution in [0.15, 0.2) is 34.9 Å². The van der Waals surface area contributed by atoms with Crippen molar-refractivity contribution in [1.82, 2.24) is 4.57 Å². The van der Waals surface area contributed by atoms with Crippen LogP contribution >= 0.6 is 15.9 Å². The number of benzene rings is 1. The molecule has 0 N–H and O–H groups in total. The maximum Gasteiger partial charge on any atom is 0.326 e. The Kier molecular flexibility index (Phi) is 3.48. The van der Waals surface area contributed by atoms with Crippen LogP contribution < -0.4 is 0 Å². The molecule has 0 saturated heterocycles. The number of carbonyl (C=O) groups is 1. The standard InChI is InChI=1S/C14H16BrNO2/c1-14(2,3)18-13(17)9-16-7-6-10-4-5-11(15)8-12(10)16/h4-8H,9H2,1-3H3. The molecule has 3 nitrogen and oxygen atoms in total. The molecule has 0 amide bonds. The first-order valence-electron chi connectivity index (χ1n) is 5.81. The highest BCUT2D eigenvalue weighted by Crippen LogP contribution is 2.21. The summed E-state index contributed by atoms with van der Waals surface area (Å²) in [6.07, 6.45) is 1.90. The van der Waals surface area contributed by atoms with Crippen LogP contribution in [0.1, 0.15) is 20.8 Å². The molecule has 2 rings (SSSR count). The van der Waals surface area contributed by atoms with Gasteiger partial charge in [-0.05, 0) is 44.4 Å². The third-order valence-electron chi connectivity index (χ3n) is 2.46. The molecule has 0 atom stereocenters. The van der Waals surface area contributed by atoms with Crippen molar-refractivity contribution < 1.29 is 9.53 Å². The van der Waals surface area contributed by atoms with E-state index in [4.69, 9.17) is 4.74 Å². The Labute approximate surface area is 115 Å². The molecule has 18 heavy (non-hydrogen) atoms. The molecule has 96 valence electrons. The second kappa shape index (κ2) is 4.76. The SMILES string of the molecule is CC(C)(C)OC(=O)Cn1ccc2ccc(Br)cc21. The fourth-order valence-electron chi connectivity index (χ4n) is 1.81. The highest BCUT2D eigenvalue weighted by molar-refractivity contribution is 9.10.